The minimum Gasteiger partial charge on any atom is -0.363 e. The van der Waals surface area contributed by atoms with E-state index < -0.39 is 11.8 Å². The highest BCUT2D eigenvalue weighted by molar-refractivity contribution is 6.31. The molecule has 150 valence electrons. The van der Waals surface area contributed by atoms with Crippen LogP contribution in [0.15, 0.2) is 67.0 Å². The van der Waals surface area contributed by atoms with Gasteiger partial charge in [0.15, 0.2) is 5.72 Å². The highest BCUT2D eigenvalue weighted by Gasteiger charge is 2.52. The average Bonchev–Trinajstić information content (AvgIpc) is 3.31. The molecular weight excluding hydrogens is 398 g/mol. The number of rotatable bonds is 3. The monoisotopic (exact) mass is 417 g/mol. The molecule has 1 aliphatic heterocycles. The number of aromatic amines is 1. The van der Waals surface area contributed by atoms with Crippen molar-refractivity contribution in [3.05, 3.63) is 99.8 Å². The Hall–Kier alpha value is -3.15. The highest BCUT2D eigenvalue weighted by atomic mass is 35.5. The van der Waals surface area contributed by atoms with E-state index in [2.05, 4.69) is 9.97 Å². The van der Waals surface area contributed by atoms with Crippen LogP contribution in [0, 0.1) is 6.92 Å². The summed E-state index contributed by atoms with van der Waals surface area (Å²) in [5.74, 6) is -0.218. The molecule has 3 aromatic carbocycles. The molecule has 6 heteroatoms. The largest absolute Gasteiger partial charge is 0.363 e. The van der Waals surface area contributed by atoms with Crippen LogP contribution in [0.2, 0.25) is 5.02 Å². The Kier molecular flexibility index (Phi) is 4.20. The van der Waals surface area contributed by atoms with Crippen molar-refractivity contribution in [1.29, 1.82) is 0 Å². The number of halogens is 1. The fourth-order valence-corrected chi connectivity index (χ4v) is 4.68. The lowest BCUT2D eigenvalue weighted by Gasteiger charge is -2.39. The second-order valence-corrected chi connectivity index (χ2v) is 8.06. The molecule has 0 saturated carbocycles. The molecule has 2 N–H and O–H groups in total. The van der Waals surface area contributed by atoms with Gasteiger partial charge in [-0.3, -0.25) is 9.69 Å². The van der Waals surface area contributed by atoms with E-state index in [0.29, 0.717) is 21.7 Å². The molecule has 2 unspecified atom stereocenters. The zero-order chi connectivity index (χ0) is 21.0. The number of H-pyrrole nitrogens is 1. The van der Waals surface area contributed by atoms with Crippen molar-refractivity contribution in [3.63, 3.8) is 0 Å². The van der Waals surface area contributed by atoms with Gasteiger partial charge in [-0.15, -0.1) is 0 Å². The fraction of sp³-hybridized carbons (Fsp3) is 0.167. The van der Waals surface area contributed by atoms with E-state index in [4.69, 9.17) is 11.6 Å². The molecule has 0 saturated heterocycles. The number of aromatic nitrogens is 2. The van der Waals surface area contributed by atoms with E-state index in [9.17, 15) is 9.90 Å². The van der Waals surface area contributed by atoms with Gasteiger partial charge in [0.2, 0.25) is 0 Å². The number of hydrogen-bond acceptors (Lipinski definition) is 3. The van der Waals surface area contributed by atoms with Crippen molar-refractivity contribution in [3.8, 4) is 0 Å². The van der Waals surface area contributed by atoms with Gasteiger partial charge in [0.25, 0.3) is 5.91 Å². The summed E-state index contributed by atoms with van der Waals surface area (Å²) in [6, 6.07) is 18.0. The molecule has 5 rings (SSSR count). The second kappa shape index (κ2) is 6.69. The van der Waals surface area contributed by atoms with Gasteiger partial charge >= 0.3 is 0 Å². The number of carbonyl (C=O) groups is 1. The van der Waals surface area contributed by atoms with E-state index in [1.807, 2.05) is 68.4 Å². The molecular formula is C24H20ClN3O2. The van der Waals surface area contributed by atoms with E-state index in [1.54, 1.807) is 17.3 Å². The van der Waals surface area contributed by atoms with Gasteiger partial charge in [0.05, 0.1) is 23.4 Å². The third kappa shape index (κ3) is 2.52. The predicted octanol–water partition coefficient (Wildman–Crippen LogP) is 4.94. The Morgan fingerprint density at radius 3 is 2.77 bits per heavy atom. The van der Waals surface area contributed by atoms with Crippen LogP contribution in [0.1, 0.15) is 45.6 Å². The summed E-state index contributed by atoms with van der Waals surface area (Å²) in [4.78, 5) is 22.4. The standard InChI is InChI=1S/C24H20ClN3O2/c1-14-17(7-5-9-20(14)25)15(2)28-23(29)18-6-3-4-8-19(18)24(28,30)16-10-11-21-22(12-16)27-13-26-21/h3-13,15,30H,1-2H3,(H,26,27). The zero-order valence-corrected chi connectivity index (χ0v) is 17.3. The summed E-state index contributed by atoms with van der Waals surface area (Å²) in [6.45, 7) is 3.85. The minimum absolute atomic E-state index is 0.218. The first-order chi connectivity index (χ1) is 14.4. The number of carbonyl (C=O) groups excluding carboxylic acids is 1. The molecule has 0 bridgehead atoms. The number of amides is 1. The van der Waals surface area contributed by atoms with Gasteiger partial charge in [-0.25, -0.2) is 4.98 Å². The van der Waals surface area contributed by atoms with Gasteiger partial charge in [0.1, 0.15) is 0 Å². The van der Waals surface area contributed by atoms with E-state index in [1.165, 1.54) is 0 Å². The Balaban J connectivity index is 1.74. The van der Waals surface area contributed by atoms with Crippen molar-refractivity contribution in [2.45, 2.75) is 25.6 Å². The van der Waals surface area contributed by atoms with Gasteiger partial charge in [-0.2, -0.15) is 0 Å². The molecule has 0 aliphatic carbocycles. The molecule has 4 aromatic rings. The summed E-state index contributed by atoms with van der Waals surface area (Å²) in [7, 11) is 0. The third-order valence-electron chi connectivity index (χ3n) is 6.07. The summed E-state index contributed by atoms with van der Waals surface area (Å²) in [5, 5.41) is 12.8. The minimum atomic E-state index is -1.62. The SMILES string of the molecule is Cc1c(Cl)cccc1C(C)N1C(=O)c2ccccc2C1(O)c1ccc2nc[nH]c2c1. The Morgan fingerprint density at radius 1 is 1.13 bits per heavy atom. The lowest BCUT2D eigenvalue weighted by molar-refractivity contribution is -0.0677. The van der Waals surface area contributed by atoms with E-state index >= 15 is 0 Å². The molecule has 0 fully saturated rings. The summed E-state index contributed by atoms with van der Waals surface area (Å²) >= 11 is 6.35. The fourth-order valence-electron chi connectivity index (χ4n) is 4.50. The quantitative estimate of drug-likeness (QED) is 0.496. The van der Waals surface area contributed by atoms with Crippen LogP contribution in [-0.2, 0) is 5.72 Å². The maximum Gasteiger partial charge on any atom is 0.257 e. The van der Waals surface area contributed by atoms with E-state index in [-0.39, 0.29) is 5.91 Å². The van der Waals surface area contributed by atoms with E-state index in [0.717, 1.165) is 22.2 Å². The average molecular weight is 418 g/mol. The number of aliphatic hydroxyl groups is 1. The highest BCUT2D eigenvalue weighted by Crippen LogP contribution is 2.47. The van der Waals surface area contributed by atoms with Crippen molar-refractivity contribution in [1.82, 2.24) is 14.9 Å². The molecule has 0 radical (unpaired) electrons. The Morgan fingerprint density at radius 2 is 1.93 bits per heavy atom. The van der Waals surface area contributed by atoms with Crippen LogP contribution in [-0.4, -0.2) is 25.9 Å². The topological polar surface area (TPSA) is 69.2 Å². The lowest BCUT2D eigenvalue weighted by atomic mass is 9.91. The first kappa shape index (κ1) is 18.9. The van der Waals surface area contributed by atoms with Crippen LogP contribution in [0.5, 0.6) is 0 Å². The maximum absolute atomic E-state index is 13.5. The van der Waals surface area contributed by atoms with Crippen LogP contribution in [0.3, 0.4) is 0 Å². The molecule has 1 aromatic heterocycles. The molecule has 5 nitrogen and oxygen atoms in total. The number of fused-ring (bicyclic) bond motifs is 2. The third-order valence-corrected chi connectivity index (χ3v) is 6.48. The van der Waals surface area contributed by atoms with Crippen molar-refractivity contribution < 1.29 is 9.90 Å². The lowest BCUT2D eigenvalue weighted by Crippen LogP contribution is -2.46. The van der Waals surface area contributed by atoms with Crippen molar-refractivity contribution in [2.75, 3.05) is 0 Å². The van der Waals surface area contributed by atoms with Crippen LogP contribution < -0.4 is 0 Å². The van der Waals surface area contributed by atoms with Crippen LogP contribution >= 0.6 is 11.6 Å². The molecule has 2 atom stereocenters. The number of hydrogen-bond donors (Lipinski definition) is 2. The van der Waals surface area contributed by atoms with Gasteiger partial charge in [-0.1, -0.05) is 48.0 Å². The van der Waals surface area contributed by atoms with Crippen molar-refractivity contribution >= 4 is 28.5 Å². The van der Waals surface area contributed by atoms with Crippen LogP contribution in [0.4, 0.5) is 0 Å². The van der Waals surface area contributed by atoms with Gasteiger partial charge < -0.3 is 10.1 Å². The molecule has 2 heterocycles. The number of nitrogens with one attached hydrogen (secondary N) is 1. The van der Waals surface area contributed by atoms with Crippen LogP contribution in [0.25, 0.3) is 11.0 Å². The Bertz CT molecular complexity index is 1300. The summed E-state index contributed by atoms with van der Waals surface area (Å²) in [6.07, 6.45) is 1.61. The van der Waals surface area contributed by atoms with Gasteiger partial charge in [0, 0.05) is 21.7 Å². The summed E-state index contributed by atoms with van der Waals surface area (Å²) in [5.41, 5.74) is 3.42. The molecule has 1 aliphatic rings. The second-order valence-electron chi connectivity index (χ2n) is 7.66. The molecule has 0 spiro atoms. The van der Waals surface area contributed by atoms with Crippen molar-refractivity contribution in [2.24, 2.45) is 0 Å². The number of imidazole rings is 1. The predicted molar refractivity (Wildman–Crippen MR) is 116 cm³/mol. The Labute approximate surface area is 178 Å². The first-order valence-electron chi connectivity index (χ1n) is 9.77. The summed E-state index contributed by atoms with van der Waals surface area (Å²) < 4.78 is 0. The zero-order valence-electron chi connectivity index (χ0n) is 16.6. The first-order valence-corrected chi connectivity index (χ1v) is 10.1. The van der Waals surface area contributed by atoms with Gasteiger partial charge in [-0.05, 0) is 49.2 Å². The molecule has 30 heavy (non-hydrogen) atoms. The normalized spacial score (nSPS) is 19.3. The number of nitrogens with zero attached hydrogens (tertiary/aromatic N) is 2. The smallest absolute Gasteiger partial charge is 0.257 e. The number of benzene rings is 3. The maximum atomic E-state index is 13.5. The molecule has 1 amide bonds.